The van der Waals surface area contributed by atoms with Crippen molar-refractivity contribution in [1.29, 1.82) is 0 Å². The highest BCUT2D eigenvalue weighted by Crippen LogP contribution is 2.27. The van der Waals surface area contributed by atoms with Crippen LogP contribution in [0.4, 0.5) is 5.69 Å². The number of piperidine rings is 1. The van der Waals surface area contributed by atoms with Crippen molar-refractivity contribution in [3.8, 4) is 11.5 Å². The summed E-state index contributed by atoms with van der Waals surface area (Å²) in [6.07, 6.45) is 1.27. The van der Waals surface area contributed by atoms with Crippen molar-refractivity contribution >= 4 is 30.1 Å². The van der Waals surface area contributed by atoms with Gasteiger partial charge >= 0.3 is 5.97 Å². The third kappa shape index (κ3) is 6.80. The summed E-state index contributed by atoms with van der Waals surface area (Å²) < 4.78 is 0. The third-order valence-electron chi connectivity index (χ3n) is 5.91. The van der Waals surface area contributed by atoms with Crippen LogP contribution in [0, 0.1) is 5.92 Å². The molecule has 4 N–H and O–H groups in total. The molecule has 10 nitrogen and oxygen atoms in total. The lowest BCUT2D eigenvalue weighted by Gasteiger charge is -2.30. The van der Waals surface area contributed by atoms with Gasteiger partial charge in [-0.25, -0.2) is 0 Å². The van der Waals surface area contributed by atoms with Gasteiger partial charge in [0, 0.05) is 31.6 Å². The van der Waals surface area contributed by atoms with E-state index in [-0.39, 0.29) is 41.3 Å². The lowest BCUT2D eigenvalue weighted by molar-refractivity contribution is -0.143. The highest BCUT2D eigenvalue weighted by Gasteiger charge is 2.25. The molecule has 1 aliphatic rings. The number of carbonyl (C=O) groups excluding carboxylic acids is 1. The van der Waals surface area contributed by atoms with Crippen molar-refractivity contribution in [2.45, 2.75) is 26.3 Å². The molecule has 1 saturated heterocycles. The van der Waals surface area contributed by atoms with Crippen LogP contribution in [0.5, 0.6) is 11.5 Å². The second kappa shape index (κ2) is 12.0. The maximum atomic E-state index is 12.5. The second-order valence-electron chi connectivity index (χ2n) is 8.36. The zero-order valence-electron chi connectivity index (χ0n) is 19.7. The van der Waals surface area contributed by atoms with Gasteiger partial charge in [-0.1, -0.05) is 12.1 Å². The first kappa shape index (κ1) is 25.7. The summed E-state index contributed by atoms with van der Waals surface area (Å²) in [5.74, 6) is -1.37. The zero-order chi connectivity index (χ0) is 25.4. The van der Waals surface area contributed by atoms with E-state index in [2.05, 4.69) is 27.1 Å². The summed E-state index contributed by atoms with van der Waals surface area (Å²) in [6, 6.07) is 11.7. The number of phenolic OH excluding ortho intramolecular Hbond substituents is 2. The second-order valence-corrected chi connectivity index (χ2v) is 8.36. The number of carboxylic acid groups (broad SMARTS) is 1. The Morgan fingerprint density at radius 3 is 2.40 bits per heavy atom. The molecule has 0 bridgehead atoms. The average molecular weight is 482 g/mol. The van der Waals surface area contributed by atoms with Crippen LogP contribution < -0.4 is 10.2 Å². The van der Waals surface area contributed by atoms with E-state index in [0.717, 1.165) is 18.7 Å². The predicted octanol–water partition coefficient (Wildman–Crippen LogP) is 2.40. The number of likely N-dealkylation sites (N-methyl/N-ethyl adjacent to an activating group) is 1. The molecule has 10 heteroatoms. The topological polar surface area (TPSA) is 138 Å². The van der Waals surface area contributed by atoms with Crippen molar-refractivity contribution in [3.63, 3.8) is 0 Å². The number of nitrogens with zero attached hydrogens (tertiary/aromatic N) is 4. The minimum absolute atomic E-state index is 0.0788. The normalized spacial score (nSPS) is 14.9. The first-order valence-corrected chi connectivity index (χ1v) is 11.5. The fourth-order valence-electron chi connectivity index (χ4n) is 4.09. The molecular formula is C25H31N5O5. The molecule has 0 spiro atoms. The monoisotopic (exact) mass is 481 g/mol. The molecule has 186 valence electrons. The van der Waals surface area contributed by atoms with Crippen molar-refractivity contribution in [2.75, 3.05) is 31.1 Å². The molecule has 3 rings (SSSR count). The Morgan fingerprint density at radius 1 is 1.14 bits per heavy atom. The Bertz CT molecular complexity index is 1080. The maximum Gasteiger partial charge on any atom is 0.306 e. The van der Waals surface area contributed by atoms with Crippen molar-refractivity contribution in [3.05, 3.63) is 53.6 Å². The molecule has 1 heterocycles. The Balaban J connectivity index is 1.85. The molecule has 0 unspecified atom stereocenters. The lowest BCUT2D eigenvalue weighted by Crippen LogP contribution is -2.41. The highest BCUT2D eigenvalue weighted by atomic mass is 16.4. The number of anilines is 1. The number of amides is 1. The zero-order valence-corrected chi connectivity index (χ0v) is 19.7. The first-order chi connectivity index (χ1) is 16.8. The minimum atomic E-state index is -0.729. The number of aliphatic carboxylic acids is 1. The molecule has 1 aliphatic heterocycles. The van der Waals surface area contributed by atoms with Gasteiger partial charge in [-0.15, -0.1) is 5.10 Å². The molecule has 0 radical (unpaired) electrons. The quantitative estimate of drug-likeness (QED) is 0.245. The largest absolute Gasteiger partial charge is 0.508 e. The Morgan fingerprint density at radius 2 is 1.83 bits per heavy atom. The molecule has 0 aliphatic carbocycles. The van der Waals surface area contributed by atoms with Crippen LogP contribution in [-0.4, -0.2) is 70.8 Å². The number of phenols is 2. The summed E-state index contributed by atoms with van der Waals surface area (Å²) in [5, 5.41) is 39.8. The van der Waals surface area contributed by atoms with Crippen LogP contribution in [0.2, 0.25) is 0 Å². The van der Waals surface area contributed by atoms with Gasteiger partial charge < -0.3 is 25.5 Å². The standard InChI is InChI=1S/C25H31N5O5/c1-3-27-23(33)16-30(24(28-26-2)21-9-8-20(31)14-22(21)32)19-6-4-17(5-7-19)15-29-12-10-18(11-13-29)25(34)35/h4-9,14,18,31-32H,2-3,10-13,15-16H2,1H3,(H,27,33)(H,34,35)/b28-24-. The summed E-state index contributed by atoms with van der Waals surface area (Å²) in [4.78, 5) is 27.5. The van der Waals surface area contributed by atoms with Crippen LogP contribution in [0.25, 0.3) is 0 Å². The number of nitrogens with one attached hydrogen (secondary N) is 1. The number of carbonyl (C=O) groups is 2. The molecule has 1 amide bonds. The van der Waals surface area contributed by atoms with Gasteiger partial charge in [0.1, 0.15) is 18.0 Å². The van der Waals surface area contributed by atoms with E-state index in [4.69, 9.17) is 0 Å². The summed E-state index contributed by atoms with van der Waals surface area (Å²) in [7, 11) is 0. The number of hydrogen-bond acceptors (Lipinski definition) is 7. The molecule has 2 aromatic carbocycles. The van der Waals surface area contributed by atoms with Crippen LogP contribution in [0.1, 0.15) is 30.9 Å². The molecule has 0 aromatic heterocycles. The van der Waals surface area contributed by atoms with Gasteiger partial charge in [-0.2, -0.15) is 5.10 Å². The number of hydrogen-bond donors (Lipinski definition) is 4. The van der Waals surface area contributed by atoms with E-state index >= 15 is 0 Å². The average Bonchev–Trinajstić information content (AvgIpc) is 2.83. The van der Waals surface area contributed by atoms with Crippen molar-refractivity contribution in [1.82, 2.24) is 10.2 Å². The molecule has 1 fully saturated rings. The number of benzene rings is 2. The van der Waals surface area contributed by atoms with Crippen LogP contribution >= 0.6 is 0 Å². The summed E-state index contributed by atoms with van der Waals surface area (Å²) in [6.45, 7) is 7.77. The van der Waals surface area contributed by atoms with Gasteiger partial charge in [0.2, 0.25) is 5.91 Å². The minimum Gasteiger partial charge on any atom is -0.508 e. The van der Waals surface area contributed by atoms with Gasteiger partial charge in [0.25, 0.3) is 0 Å². The van der Waals surface area contributed by atoms with Gasteiger partial charge in [-0.05, 0) is 62.7 Å². The fourth-order valence-corrected chi connectivity index (χ4v) is 4.09. The predicted molar refractivity (Wildman–Crippen MR) is 134 cm³/mol. The Kier molecular flexibility index (Phi) is 8.80. The Labute approximate surface area is 204 Å². The fraction of sp³-hybridized carbons (Fsp3) is 0.360. The molecular weight excluding hydrogens is 450 g/mol. The van der Waals surface area contributed by atoms with Crippen LogP contribution in [-0.2, 0) is 16.1 Å². The number of likely N-dealkylation sites (tertiary alicyclic amines) is 1. The number of rotatable bonds is 9. The number of amidine groups is 1. The molecule has 35 heavy (non-hydrogen) atoms. The van der Waals surface area contributed by atoms with E-state index in [1.807, 2.05) is 31.2 Å². The summed E-state index contributed by atoms with van der Waals surface area (Å²) >= 11 is 0. The van der Waals surface area contributed by atoms with E-state index < -0.39 is 5.97 Å². The van der Waals surface area contributed by atoms with E-state index in [1.54, 1.807) is 4.90 Å². The van der Waals surface area contributed by atoms with Crippen molar-refractivity contribution in [2.24, 2.45) is 16.1 Å². The van der Waals surface area contributed by atoms with E-state index in [1.165, 1.54) is 18.2 Å². The van der Waals surface area contributed by atoms with E-state index in [9.17, 15) is 24.9 Å². The first-order valence-electron chi connectivity index (χ1n) is 11.5. The smallest absolute Gasteiger partial charge is 0.306 e. The number of carboxylic acids is 1. The SMILES string of the molecule is C=N/N=C(/c1ccc(O)cc1O)N(CC(=O)NCC)c1ccc(CN2CCC(C(=O)O)CC2)cc1. The van der Waals surface area contributed by atoms with E-state index in [0.29, 0.717) is 31.6 Å². The summed E-state index contributed by atoms with van der Waals surface area (Å²) in [5.41, 5.74) is 1.98. The van der Waals surface area contributed by atoms with Crippen LogP contribution in [0.15, 0.2) is 52.7 Å². The third-order valence-corrected chi connectivity index (χ3v) is 5.91. The van der Waals surface area contributed by atoms with Gasteiger partial charge in [0.05, 0.1) is 11.5 Å². The maximum absolute atomic E-state index is 12.5. The van der Waals surface area contributed by atoms with Crippen LogP contribution in [0.3, 0.4) is 0 Å². The molecule has 0 atom stereocenters. The van der Waals surface area contributed by atoms with Crippen molar-refractivity contribution < 1.29 is 24.9 Å². The number of aromatic hydroxyl groups is 2. The molecule has 0 saturated carbocycles. The van der Waals surface area contributed by atoms with Gasteiger partial charge in [-0.3, -0.25) is 14.5 Å². The highest BCUT2D eigenvalue weighted by molar-refractivity contribution is 6.13. The lowest BCUT2D eigenvalue weighted by atomic mass is 9.97. The Hall–Kier alpha value is -3.92. The molecule has 2 aromatic rings. The van der Waals surface area contributed by atoms with Gasteiger partial charge in [0.15, 0.2) is 5.84 Å².